The second-order valence-electron chi connectivity index (χ2n) is 7.51. The van der Waals surface area contributed by atoms with Gasteiger partial charge < -0.3 is 10.1 Å². The van der Waals surface area contributed by atoms with Gasteiger partial charge in [0.25, 0.3) is 5.56 Å². The number of hydrogen-bond acceptors (Lipinski definition) is 5. The number of carbonyl (C=O) groups excluding carboxylic acids is 2. The van der Waals surface area contributed by atoms with Crippen molar-refractivity contribution in [3.63, 3.8) is 0 Å². The van der Waals surface area contributed by atoms with Crippen LogP contribution in [0.3, 0.4) is 0 Å². The van der Waals surface area contributed by atoms with Crippen molar-refractivity contribution in [1.82, 2.24) is 9.55 Å². The number of H-pyrrole nitrogens is 1. The maximum absolute atomic E-state index is 13.1. The highest BCUT2D eigenvalue weighted by Gasteiger charge is 2.31. The minimum Gasteiger partial charge on any atom is -0.506 e. The number of rotatable bonds is 2. The van der Waals surface area contributed by atoms with Crippen molar-refractivity contribution >= 4 is 51.4 Å². The minimum atomic E-state index is -0.705. The third kappa shape index (κ3) is 3.71. The Bertz CT molecular complexity index is 1400. The minimum absolute atomic E-state index is 0.0688. The number of halogens is 2. The lowest BCUT2D eigenvalue weighted by Gasteiger charge is -2.19. The fourth-order valence-electron chi connectivity index (χ4n) is 3.72. The highest BCUT2D eigenvalue weighted by atomic mass is 35.5. The van der Waals surface area contributed by atoms with Gasteiger partial charge in [-0.25, -0.2) is 9.36 Å². The number of ketones is 2. The summed E-state index contributed by atoms with van der Waals surface area (Å²) < 4.78 is 0.855. The average Bonchev–Trinajstić information content (AvgIpc) is 2.68. The van der Waals surface area contributed by atoms with E-state index in [-0.39, 0.29) is 51.5 Å². The Hall–Kier alpha value is -3.16. The van der Waals surface area contributed by atoms with Gasteiger partial charge in [0.15, 0.2) is 11.6 Å². The SMILES string of the molecule is CC1CC(=O)C(=C(O)c2ccc3[nH]c(=O)n(-c4ccc(Cl)cc4Cl)c(=O)c3c2)C(=O)C1. The summed E-state index contributed by atoms with van der Waals surface area (Å²) in [6, 6.07) is 8.53. The Morgan fingerprint density at radius 2 is 1.71 bits per heavy atom. The lowest BCUT2D eigenvalue weighted by molar-refractivity contribution is -0.125. The number of aromatic nitrogens is 2. The Morgan fingerprint density at radius 1 is 1.03 bits per heavy atom. The van der Waals surface area contributed by atoms with Crippen LogP contribution in [0.5, 0.6) is 0 Å². The fraction of sp³-hybridized carbons (Fsp3) is 0.182. The largest absolute Gasteiger partial charge is 0.506 e. The molecular weight excluding hydrogens is 443 g/mol. The molecule has 2 N–H and O–H groups in total. The molecule has 0 atom stereocenters. The molecule has 1 fully saturated rings. The standard InChI is InChI=1S/C22H16Cl2N2O5/c1-10-6-17(27)19(18(28)7-10)20(29)11-2-4-15-13(8-11)21(30)26(22(31)25-15)16-5-3-12(23)9-14(16)24/h2-5,8-10,29H,6-7H2,1H3,(H,25,31). The van der Waals surface area contributed by atoms with E-state index in [2.05, 4.69) is 4.98 Å². The van der Waals surface area contributed by atoms with E-state index in [1.165, 1.54) is 36.4 Å². The van der Waals surface area contributed by atoms with Gasteiger partial charge in [0.1, 0.15) is 11.3 Å². The van der Waals surface area contributed by atoms with Gasteiger partial charge in [-0.2, -0.15) is 0 Å². The summed E-state index contributed by atoms with van der Waals surface area (Å²) in [5, 5.41) is 11.2. The zero-order valence-electron chi connectivity index (χ0n) is 16.2. The van der Waals surface area contributed by atoms with Crippen LogP contribution >= 0.6 is 23.2 Å². The molecule has 158 valence electrons. The van der Waals surface area contributed by atoms with Gasteiger partial charge in [0.05, 0.1) is 21.6 Å². The molecule has 9 heteroatoms. The maximum atomic E-state index is 13.1. The summed E-state index contributed by atoms with van der Waals surface area (Å²) >= 11 is 12.1. The lowest BCUT2D eigenvalue weighted by Crippen LogP contribution is -2.33. The van der Waals surface area contributed by atoms with Crippen LogP contribution < -0.4 is 11.2 Å². The van der Waals surface area contributed by atoms with Gasteiger partial charge >= 0.3 is 5.69 Å². The summed E-state index contributed by atoms with van der Waals surface area (Å²) in [6.45, 7) is 1.79. The molecular formula is C22H16Cl2N2O5. The van der Waals surface area contributed by atoms with E-state index in [4.69, 9.17) is 23.2 Å². The predicted octanol–water partition coefficient (Wildman–Crippen LogP) is 3.82. The Labute approximate surface area is 185 Å². The molecule has 4 rings (SSSR count). The molecule has 0 spiro atoms. The molecule has 0 unspecified atom stereocenters. The second kappa shape index (κ2) is 7.83. The number of nitrogens with one attached hydrogen (secondary N) is 1. The molecule has 0 radical (unpaired) electrons. The van der Waals surface area contributed by atoms with Gasteiger partial charge in [-0.1, -0.05) is 30.1 Å². The number of fused-ring (bicyclic) bond motifs is 1. The monoisotopic (exact) mass is 458 g/mol. The van der Waals surface area contributed by atoms with Crippen LogP contribution in [-0.2, 0) is 9.59 Å². The van der Waals surface area contributed by atoms with Crippen LogP contribution in [0.15, 0.2) is 51.6 Å². The number of aromatic amines is 1. The summed E-state index contributed by atoms with van der Waals surface area (Å²) in [6.07, 6.45) is 0.321. The number of benzene rings is 2. The van der Waals surface area contributed by atoms with E-state index >= 15 is 0 Å². The van der Waals surface area contributed by atoms with Gasteiger partial charge in [-0.05, 0) is 42.3 Å². The van der Waals surface area contributed by atoms with Gasteiger partial charge in [0.2, 0.25) is 0 Å². The van der Waals surface area contributed by atoms with Gasteiger partial charge in [-0.3, -0.25) is 14.4 Å². The van der Waals surface area contributed by atoms with Crippen molar-refractivity contribution in [2.75, 3.05) is 0 Å². The molecule has 1 heterocycles. The van der Waals surface area contributed by atoms with Crippen LogP contribution in [0.25, 0.3) is 22.3 Å². The maximum Gasteiger partial charge on any atom is 0.333 e. The molecule has 0 aliphatic heterocycles. The molecule has 1 aromatic heterocycles. The smallest absolute Gasteiger partial charge is 0.333 e. The lowest BCUT2D eigenvalue weighted by atomic mass is 9.83. The molecule has 1 aliphatic rings. The van der Waals surface area contributed by atoms with Crippen molar-refractivity contribution in [2.45, 2.75) is 19.8 Å². The third-order valence-electron chi connectivity index (χ3n) is 5.18. The number of allylic oxidation sites excluding steroid dienone is 1. The third-order valence-corrected chi connectivity index (χ3v) is 5.72. The van der Waals surface area contributed by atoms with E-state index < -0.39 is 28.6 Å². The van der Waals surface area contributed by atoms with Gasteiger partial charge in [0, 0.05) is 23.4 Å². The number of aliphatic hydroxyl groups is 1. The van der Waals surface area contributed by atoms with Crippen LogP contribution in [0.1, 0.15) is 25.3 Å². The average molecular weight is 459 g/mol. The van der Waals surface area contributed by atoms with Gasteiger partial charge in [-0.15, -0.1) is 0 Å². The quantitative estimate of drug-likeness (QED) is 0.344. The number of hydrogen-bond donors (Lipinski definition) is 2. The van der Waals surface area contributed by atoms with E-state index in [0.717, 1.165) is 4.57 Å². The number of aliphatic hydroxyl groups excluding tert-OH is 1. The fourth-order valence-corrected chi connectivity index (χ4v) is 4.21. The molecule has 0 bridgehead atoms. The van der Waals surface area contributed by atoms with E-state index in [0.29, 0.717) is 5.02 Å². The molecule has 0 amide bonds. The topological polar surface area (TPSA) is 109 Å². The van der Waals surface area contributed by atoms with E-state index in [9.17, 15) is 24.3 Å². The van der Waals surface area contributed by atoms with Crippen molar-refractivity contribution in [3.05, 3.63) is 78.4 Å². The Morgan fingerprint density at radius 3 is 2.35 bits per heavy atom. The van der Waals surface area contributed by atoms with Crippen LogP contribution in [0.2, 0.25) is 10.0 Å². The van der Waals surface area contributed by atoms with Crippen LogP contribution in [0.4, 0.5) is 0 Å². The molecule has 3 aromatic rings. The molecule has 0 saturated heterocycles. The predicted molar refractivity (Wildman–Crippen MR) is 118 cm³/mol. The van der Waals surface area contributed by atoms with Crippen molar-refractivity contribution in [3.8, 4) is 5.69 Å². The summed E-state index contributed by atoms with van der Waals surface area (Å²) in [7, 11) is 0. The van der Waals surface area contributed by atoms with Crippen LogP contribution in [-0.4, -0.2) is 26.2 Å². The molecule has 1 saturated carbocycles. The Balaban J connectivity index is 1.93. The van der Waals surface area contributed by atoms with Crippen LogP contribution in [0, 0.1) is 5.92 Å². The number of Topliss-reactive ketones (excluding diaryl/α,β-unsaturated/α-hetero) is 2. The van der Waals surface area contributed by atoms with Crippen molar-refractivity contribution in [1.29, 1.82) is 0 Å². The molecule has 1 aliphatic carbocycles. The molecule has 2 aromatic carbocycles. The highest BCUT2D eigenvalue weighted by Crippen LogP contribution is 2.28. The van der Waals surface area contributed by atoms with E-state index in [1.54, 1.807) is 6.92 Å². The van der Waals surface area contributed by atoms with Crippen molar-refractivity contribution in [2.24, 2.45) is 5.92 Å². The summed E-state index contributed by atoms with van der Waals surface area (Å²) in [5.74, 6) is -1.44. The first-order valence-electron chi connectivity index (χ1n) is 9.42. The number of carbonyl (C=O) groups is 2. The molecule has 31 heavy (non-hydrogen) atoms. The zero-order chi connectivity index (χ0) is 22.4. The summed E-state index contributed by atoms with van der Waals surface area (Å²) in [5.41, 5.74) is -1.16. The first-order chi connectivity index (χ1) is 14.7. The Kier molecular flexibility index (Phi) is 5.33. The van der Waals surface area contributed by atoms with Crippen molar-refractivity contribution < 1.29 is 14.7 Å². The first-order valence-corrected chi connectivity index (χ1v) is 10.2. The highest BCUT2D eigenvalue weighted by molar-refractivity contribution is 6.35. The molecule has 7 nitrogen and oxygen atoms in total. The number of nitrogens with zero attached hydrogens (tertiary/aromatic N) is 1. The second-order valence-corrected chi connectivity index (χ2v) is 8.35. The summed E-state index contributed by atoms with van der Waals surface area (Å²) in [4.78, 5) is 52.9. The zero-order valence-corrected chi connectivity index (χ0v) is 17.8. The normalized spacial score (nSPS) is 16.7. The van der Waals surface area contributed by atoms with E-state index in [1.807, 2.05) is 0 Å². The first kappa shape index (κ1) is 21.1.